The van der Waals surface area contributed by atoms with E-state index in [1.807, 2.05) is 0 Å². The molecule has 1 fully saturated rings. The van der Waals surface area contributed by atoms with E-state index >= 15 is 0 Å². The zero-order chi connectivity index (χ0) is 13.6. The number of likely N-dealkylation sites (N-methyl/N-ethyl adjacent to an activating group) is 1. The fourth-order valence-corrected chi connectivity index (χ4v) is 3.20. The number of anilines is 2. The summed E-state index contributed by atoms with van der Waals surface area (Å²) in [5.74, 6) is 0. The molecule has 1 unspecified atom stereocenters. The minimum atomic E-state index is 0.217. The van der Waals surface area contributed by atoms with Crippen LogP contribution in [0.3, 0.4) is 0 Å². The summed E-state index contributed by atoms with van der Waals surface area (Å²) in [6.07, 6.45) is 0. The Morgan fingerprint density at radius 1 is 1.21 bits per heavy atom. The van der Waals surface area contributed by atoms with E-state index in [-0.39, 0.29) is 5.41 Å². The lowest BCUT2D eigenvalue weighted by Gasteiger charge is -2.46. The molecular weight excluding hydrogens is 234 g/mol. The number of hydrogen-bond donors (Lipinski definition) is 1. The zero-order valence-electron chi connectivity index (χ0n) is 12.5. The first-order valence-corrected chi connectivity index (χ1v) is 7.30. The third-order valence-corrected chi connectivity index (χ3v) is 4.40. The van der Waals surface area contributed by atoms with Crippen LogP contribution in [0.1, 0.15) is 26.3 Å². The van der Waals surface area contributed by atoms with E-state index in [1.165, 1.54) is 16.9 Å². The van der Waals surface area contributed by atoms with Gasteiger partial charge < -0.3 is 15.1 Å². The van der Waals surface area contributed by atoms with Crippen LogP contribution in [0.4, 0.5) is 11.4 Å². The molecule has 0 bridgehead atoms. The van der Waals surface area contributed by atoms with Crippen LogP contribution < -0.4 is 15.1 Å². The van der Waals surface area contributed by atoms with Gasteiger partial charge in [-0.3, -0.25) is 0 Å². The first kappa shape index (κ1) is 12.8. The molecule has 2 aliphatic heterocycles. The van der Waals surface area contributed by atoms with Gasteiger partial charge in [-0.25, -0.2) is 0 Å². The summed E-state index contributed by atoms with van der Waals surface area (Å²) in [6, 6.07) is 7.61. The molecule has 3 nitrogen and oxygen atoms in total. The van der Waals surface area contributed by atoms with Crippen LogP contribution >= 0.6 is 0 Å². The highest BCUT2D eigenvalue weighted by molar-refractivity contribution is 5.75. The fourth-order valence-electron chi connectivity index (χ4n) is 3.20. The first-order valence-electron chi connectivity index (χ1n) is 7.30. The summed E-state index contributed by atoms with van der Waals surface area (Å²) in [5, 5.41) is 3.51. The highest BCUT2D eigenvalue weighted by atomic mass is 15.3. The Morgan fingerprint density at radius 3 is 2.74 bits per heavy atom. The van der Waals surface area contributed by atoms with Gasteiger partial charge in [-0.05, 0) is 23.1 Å². The molecule has 0 aromatic heterocycles. The third kappa shape index (κ3) is 2.20. The molecule has 0 saturated carbocycles. The Bertz CT molecular complexity index is 475. The van der Waals surface area contributed by atoms with E-state index in [0.717, 1.165) is 26.2 Å². The molecule has 2 heterocycles. The number of rotatable bonds is 0. The molecule has 1 saturated heterocycles. The highest BCUT2D eigenvalue weighted by Crippen LogP contribution is 2.38. The number of nitrogens with one attached hydrogen (secondary N) is 1. The molecule has 0 amide bonds. The monoisotopic (exact) mass is 259 g/mol. The van der Waals surface area contributed by atoms with Crippen molar-refractivity contribution in [3.05, 3.63) is 23.8 Å². The van der Waals surface area contributed by atoms with E-state index in [2.05, 4.69) is 61.1 Å². The molecule has 1 aromatic rings. The third-order valence-electron chi connectivity index (χ3n) is 4.40. The molecule has 0 aliphatic carbocycles. The van der Waals surface area contributed by atoms with Gasteiger partial charge in [-0.1, -0.05) is 26.8 Å². The number of piperazine rings is 1. The maximum Gasteiger partial charge on any atom is 0.0611 e. The minimum Gasteiger partial charge on any atom is -0.371 e. The normalized spacial score (nSPS) is 23.1. The molecule has 3 heteroatoms. The molecule has 2 aliphatic rings. The molecule has 19 heavy (non-hydrogen) atoms. The van der Waals surface area contributed by atoms with Gasteiger partial charge in [0.25, 0.3) is 0 Å². The topological polar surface area (TPSA) is 18.5 Å². The van der Waals surface area contributed by atoms with Crippen LogP contribution in [0.2, 0.25) is 0 Å². The second-order valence-corrected chi connectivity index (χ2v) is 6.89. The Labute approximate surface area is 116 Å². The quantitative estimate of drug-likeness (QED) is 0.770. The zero-order valence-corrected chi connectivity index (χ0v) is 12.5. The summed E-state index contributed by atoms with van der Waals surface area (Å²) in [5.41, 5.74) is 4.45. The van der Waals surface area contributed by atoms with Gasteiger partial charge in [-0.15, -0.1) is 0 Å². The van der Waals surface area contributed by atoms with Crippen molar-refractivity contribution in [2.24, 2.45) is 0 Å². The van der Waals surface area contributed by atoms with Crippen molar-refractivity contribution >= 4 is 11.4 Å². The molecule has 0 spiro atoms. The number of fused-ring (bicyclic) bond motifs is 3. The van der Waals surface area contributed by atoms with Gasteiger partial charge in [-0.2, -0.15) is 0 Å². The maximum atomic E-state index is 3.51. The van der Waals surface area contributed by atoms with Crippen LogP contribution in [-0.2, 0) is 5.41 Å². The number of benzene rings is 1. The highest BCUT2D eigenvalue weighted by Gasteiger charge is 2.31. The van der Waals surface area contributed by atoms with Crippen LogP contribution in [0.15, 0.2) is 18.2 Å². The van der Waals surface area contributed by atoms with Crippen molar-refractivity contribution in [1.29, 1.82) is 0 Å². The standard InChI is InChI=1S/C16H25N3/c1-16(2,3)12-5-6-14-15(9-12)19-8-7-17-10-13(19)11-18(14)4/h5-6,9,13,17H,7-8,10-11H2,1-4H3. The summed E-state index contributed by atoms with van der Waals surface area (Å²) in [6.45, 7) is 11.3. The average Bonchev–Trinajstić information content (AvgIpc) is 2.37. The van der Waals surface area contributed by atoms with Crippen LogP contribution in [0.5, 0.6) is 0 Å². The summed E-state index contributed by atoms with van der Waals surface area (Å²) in [4.78, 5) is 5.00. The van der Waals surface area contributed by atoms with E-state index < -0.39 is 0 Å². The van der Waals surface area contributed by atoms with Gasteiger partial charge in [0.2, 0.25) is 0 Å². The number of hydrogen-bond acceptors (Lipinski definition) is 3. The lowest BCUT2D eigenvalue weighted by molar-refractivity contribution is 0.465. The van der Waals surface area contributed by atoms with E-state index in [0.29, 0.717) is 6.04 Å². The summed E-state index contributed by atoms with van der Waals surface area (Å²) in [7, 11) is 2.21. The SMILES string of the molecule is CN1CC2CNCCN2c2cc(C(C)(C)C)ccc21. The largest absolute Gasteiger partial charge is 0.371 e. The molecule has 0 radical (unpaired) electrons. The molecule has 1 aromatic carbocycles. The predicted molar refractivity (Wildman–Crippen MR) is 82.4 cm³/mol. The number of nitrogens with zero attached hydrogens (tertiary/aromatic N) is 2. The average molecular weight is 259 g/mol. The van der Waals surface area contributed by atoms with Crippen molar-refractivity contribution in [1.82, 2.24) is 5.32 Å². The van der Waals surface area contributed by atoms with Gasteiger partial charge in [0.15, 0.2) is 0 Å². The smallest absolute Gasteiger partial charge is 0.0611 e. The van der Waals surface area contributed by atoms with Gasteiger partial charge in [0.1, 0.15) is 0 Å². The predicted octanol–water partition coefficient (Wildman–Crippen LogP) is 2.21. The van der Waals surface area contributed by atoms with E-state index in [4.69, 9.17) is 0 Å². The van der Waals surface area contributed by atoms with Gasteiger partial charge >= 0.3 is 0 Å². The molecule has 104 valence electrons. The van der Waals surface area contributed by atoms with Crippen molar-refractivity contribution in [2.45, 2.75) is 32.2 Å². The second-order valence-electron chi connectivity index (χ2n) is 6.89. The molecule has 1 atom stereocenters. The van der Waals surface area contributed by atoms with Crippen molar-refractivity contribution in [2.75, 3.05) is 43.0 Å². The summed E-state index contributed by atoms with van der Waals surface area (Å²) < 4.78 is 0. The van der Waals surface area contributed by atoms with Crippen molar-refractivity contribution in [3.63, 3.8) is 0 Å². The van der Waals surface area contributed by atoms with Crippen LogP contribution in [0, 0.1) is 0 Å². The lowest BCUT2D eigenvalue weighted by Crippen LogP contribution is -2.58. The van der Waals surface area contributed by atoms with Gasteiger partial charge in [0.05, 0.1) is 17.4 Å². The van der Waals surface area contributed by atoms with Crippen LogP contribution in [0.25, 0.3) is 0 Å². The Kier molecular flexibility index (Phi) is 2.97. The first-order chi connectivity index (χ1) is 8.97. The molecular formula is C16H25N3. The maximum absolute atomic E-state index is 3.51. The second kappa shape index (κ2) is 4.41. The van der Waals surface area contributed by atoms with Gasteiger partial charge in [0, 0.05) is 33.2 Å². The van der Waals surface area contributed by atoms with Crippen molar-refractivity contribution in [3.8, 4) is 0 Å². The summed E-state index contributed by atoms with van der Waals surface area (Å²) >= 11 is 0. The minimum absolute atomic E-state index is 0.217. The fraction of sp³-hybridized carbons (Fsp3) is 0.625. The van der Waals surface area contributed by atoms with Crippen molar-refractivity contribution < 1.29 is 0 Å². The lowest BCUT2D eigenvalue weighted by atomic mass is 9.86. The Balaban J connectivity index is 2.05. The van der Waals surface area contributed by atoms with Crippen LogP contribution in [-0.4, -0.2) is 39.3 Å². The van der Waals surface area contributed by atoms with E-state index in [9.17, 15) is 0 Å². The van der Waals surface area contributed by atoms with E-state index in [1.54, 1.807) is 0 Å². The Morgan fingerprint density at radius 2 is 2.00 bits per heavy atom. The molecule has 3 rings (SSSR count). The Hall–Kier alpha value is -1.22. The molecule has 1 N–H and O–H groups in total.